The number of primary amides is 1. The van der Waals surface area contributed by atoms with E-state index in [0.717, 1.165) is 6.54 Å². The van der Waals surface area contributed by atoms with Crippen LogP contribution in [0.3, 0.4) is 0 Å². The molecule has 2 fully saturated rings. The molecule has 0 unspecified atom stereocenters. The minimum Gasteiger partial charge on any atom is -0.366 e. The highest BCUT2D eigenvalue weighted by Crippen LogP contribution is 2.29. The van der Waals surface area contributed by atoms with Crippen LogP contribution in [0.25, 0.3) is 0 Å². The normalized spacial score (nSPS) is 21.9. The molecule has 1 heterocycles. The van der Waals surface area contributed by atoms with Gasteiger partial charge in [-0.2, -0.15) is 0 Å². The maximum absolute atomic E-state index is 12.3. The molecule has 3 amide bonds. The Hall–Kier alpha value is -2.21. The molecule has 0 bridgehead atoms. The SMILES string of the molecule is NC(=O)c1ccc(N2C(=O)C[C@@H](NCC3CC3)C2=O)cc1. The lowest BCUT2D eigenvalue weighted by atomic mass is 10.2. The molecule has 3 N–H and O–H groups in total. The van der Waals surface area contributed by atoms with Crippen LogP contribution in [0.15, 0.2) is 24.3 Å². The van der Waals surface area contributed by atoms with Crippen molar-refractivity contribution in [2.45, 2.75) is 25.3 Å². The number of benzene rings is 1. The molecule has 1 aromatic rings. The summed E-state index contributed by atoms with van der Waals surface area (Å²) in [4.78, 5) is 36.6. The van der Waals surface area contributed by atoms with Crippen molar-refractivity contribution in [3.63, 3.8) is 0 Å². The molecule has 110 valence electrons. The average Bonchev–Trinajstić information content (AvgIpc) is 3.23. The Balaban J connectivity index is 1.72. The first-order valence-corrected chi connectivity index (χ1v) is 7.06. The number of hydrogen-bond donors (Lipinski definition) is 2. The standard InChI is InChI=1S/C15H17N3O3/c16-14(20)10-3-5-11(6-4-10)18-13(19)7-12(15(18)21)17-8-9-1-2-9/h3-6,9,12,17H,1-2,7-8H2,(H2,16,20)/t12-/m1/s1. The number of rotatable bonds is 5. The zero-order valence-corrected chi connectivity index (χ0v) is 11.5. The predicted molar refractivity (Wildman–Crippen MR) is 76.6 cm³/mol. The molecule has 1 saturated heterocycles. The Bertz CT molecular complexity index is 593. The van der Waals surface area contributed by atoms with Gasteiger partial charge < -0.3 is 11.1 Å². The van der Waals surface area contributed by atoms with Crippen LogP contribution in [0, 0.1) is 5.92 Å². The smallest absolute Gasteiger partial charge is 0.251 e. The van der Waals surface area contributed by atoms with Crippen LogP contribution in [0.4, 0.5) is 5.69 Å². The number of nitrogens with two attached hydrogens (primary N) is 1. The Morgan fingerprint density at radius 1 is 1.24 bits per heavy atom. The van der Waals surface area contributed by atoms with Gasteiger partial charge in [0.15, 0.2) is 0 Å². The fourth-order valence-corrected chi connectivity index (χ4v) is 2.47. The zero-order chi connectivity index (χ0) is 15.0. The molecular formula is C15H17N3O3. The van der Waals surface area contributed by atoms with Gasteiger partial charge in [-0.3, -0.25) is 14.4 Å². The maximum atomic E-state index is 12.3. The van der Waals surface area contributed by atoms with Gasteiger partial charge in [-0.25, -0.2) is 4.90 Å². The largest absolute Gasteiger partial charge is 0.366 e. The van der Waals surface area contributed by atoms with Crippen molar-refractivity contribution in [3.8, 4) is 0 Å². The summed E-state index contributed by atoms with van der Waals surface area (Å²) >= 11 is 0. The van der Waals surface area contributed by atoms with E-state index in [9.17, 15) is 14.4 Å². The first-order valence-electron chi connectivity index (χ1n) is 7.06. The third-order valence-corrected chi connectivity index (χ3v) is 3.91. The third-order valence-electron chi connectivity index (χ3n) is 3.91. The van der Waals surface area contributed by atoms with Crippen LogP contribution in [-0.2, 0) is 9.59 Å². The fraction of sp³-hybridized carbons (Fsp3) is 0.400. The predicted octanol–water partition coefficient (Wildman–Crippen LogP) is 0.417. The summed E-state index contributed by atoms with van der Waals surface area (Å²) in [6.07, 6.45) is 2.57. The summed E-state index contributed by atoms with van der Waals surface area (Å²) in [6.45, 7) is 0.790. The van der Waals surface area contributed by atoms with Crippen LogP contribution in [0.1, 0.15) is 29.6 Å². The number of nitrogens with zero attached hydrogens (tertiary/aromatic N) is 1. The second kappa shape index (κ2) is 5.29. The summed E-state index contributed by atoms with van der Waals surface area (Å²) in [5.74, 6) is -0.339. The number of anilines is 1. The third kappa shape index (κ3) is 2.80. The number of imide groups is 1. The number of hydrogen-bond acceptors (Lipinski definition) is 4. The molecule has 6 heteroatoms. The summed E-state index contributed by atoms with van der Waals surface area (Å²) in [5.41, 5.74) is 6.00. The van der Waals surface area contributed by atoms with Crippen LogP contribution >= 0.6 is 0 Å². The van der Waals surface area contributed by atoms with E-state index in [2.05, 4.69) is 5.32 Å². The lowest BCUT2D eigenvalue weighted by Crippen LogP contribution is -2.39. The van der Waals surface area contributed by atoms with Crippen molar-refractivity contribution in [2.24, 2.45) is 11.7 Å². The number of carbonyl (C=O) groups is 3. The van der Waals surface area contributed by atoms with Gasteiger partial charge in [0.05, 0.1) is 18.2 Å². The molecule has 2 aliphatic rings. The van der Waals surface area contributed by atoms with Crippen molar-refractivity contribution >= 4 is 23.4 Å². The minimum absolute atomic E-state index is 0.184. The number of amides is 3. The second-order valence-electron chi connectivity index (χ2n) is 5.59. The van der Waals surface area contributed by atoms with Crippen molar-refractivity contribution in [2.75, 3.05) is 11.4 Å². The lowest BCUT2D eigenvalue weighted by molar-refractivity contribution is -0.121. The van der Waals surface area contributed by atoms with Gasteiger partial charge >= 0.3 is 0 Å². The highest BCUT2D eigenvalue weighted by molar-refractivity contribution is 6.22. The van der Waals surface area contributed by atoms with E-state index in [1.807, 2.05) is 0 Å². The quantitative estimate of drug-likeness (QED) is 0.767. The van der Waals surface area contributed by atoms with E-state index in [0.29, 0.717) is 17.2 Å². The van der Waals surface area contributed by atoms with Gasteiger partial charge in [0.2, 0.25) is 11.8 Å². The molecule has 0 spiro atoms. The molecule has 1 atom stereocenters. The van der Waals surface area contributed by atoms with Gasteiger partial charge in [-0.05, 0) is 49.6 Å². The van der Waals surface area contributed by atoms with Crippen molar-refractivity contribution in [3.05, 3.63) is 29.8 Å². The first-order chi connectivity index (χ1) is 10.1. The topological polar surface area (TPSA) is 92.5 Å². The van der Waals surface area contributed by atoms with Crippen LogP contribution in [0.2, 0.25) is 0 Å². The minimum atomic E-state index is -0.537. The molecule has 1 aliphatic heterocycles. The summed E-state index contributed by atoms with van der Waals surface area (Å²) < 4.78 is 0. The second-order valence-corrected chi connectivity index (χ2v) is 5.59. The van der Waals surface area contributed by atoms with Crippen LogP contribution in [-0.4, -0.2) is 30.3 Å². The van der Waals surface area contributed by atoms with Crippen molar-refractivity contribution in [1.29, 1.82) is 0 Å². The van der Waals surface area contributed by atoms with E-state index in [4.69, 9.17) is 5.73 Å². The summed E-state index contributed by atoms with van der Waals surface area (Å²) in [6, 6.07) is 5.74. The molecular weight excluding hydrogens is 270 g/mol. The Labute approximate surface area is 122 Å². The molecule has 1 aliphatic carbocycles. The van der Waals surface area contributed by atoms with E-state index >= 15 is 0 Å². The molecule has 6 nitrogen and oxygen atoms in total. The van der Waals surface area contributed by atoms with Gasteiger partial charge in [-0.15, -0.1) is 0 Å². The van der Waals surface area contributed by atoms with E-state index < -0.39 is 11.9 Å². The number of nitrogens with one attached hydrogen (secondary N) is 1. The van der Waals surface area contributed by atoms with Crippen molar-refractivity contribution in [1.82, 2.24) is 5.32 Å². The zero-order valence-electron chi connectivity index (χ0n) is 11.5. The Morgan fingerprint density at radius 3 is 2.48 bits per heavy atom. The fourth-order valence-electron chi connectivity index (χ4n) is 2.47. The van der Waals surface area contributed by atoms with Gasteiger partial charge in [-0.1, -0.05) is 0 Å². The molecule has 0 radical (unpaired) electrons. The van der Waals surface area contributed by atoms with Crippen molar-refractivity contribution < 1.29 is 14.4 Å². The lowest BCUT2D eigenvalue weighted by Gasteiger charge is -2.15. The summed E-state index contributed by atoms with van der Waals surface area (Å²) in [5, 5.41) is 3.17. The molecule has 1 aromatic carbocycles. The highest BCUT2D eigenvalue weighted by Gasteiger charge is 2.39. The van der Waals surface area contributed by atoms with Gasteiger partial charge in [0.1, 0.15) is 0 Å². The van der Waals surface area contributed by atoms with Crippen LogP contribution in [0.5, 0.6) is 0 Å². The highest BCUT2D eigenvalue weighted by atomic mass is 16.2. The van der Waals surface area contributed by atoms with E-state index in [1.165, 1.54) is 29.9 Å². The monoisotopic (exact) mass is 287 g/mol. The number of carbonyl (C=O) groups excluding carboxylic acids is 3. The van der Waals surface area contributed by atoms with E-state index in [-0.39, 0.29) is 18.2 Å². The molecule has 21 heavy (non-hydrogen) atoms. The molecule has 3 rings (SSSR count). The Kier molecular flexibility index (Phi) is 3.47. The first kappa shape index (κ1) is 13.8. The molecule has 1 saturated carbocycles. The maximum Gasteiger partial charge on any atom is 0.251 e. The average molecular weight is 287 g/mol. The van der Waals surface area contributed by atoms with Gasteiger partial charge in [0.25, 0.3) is 5.91 Å². The summed E-state index contributed by atoms with van der Waals surface area (Å²) in [7, 11) is 0. The molecule has 0 aromatic heterocycles. The van der Waals surface area contributed by atoms with E-state index in [1.54, 1.807) is 12.1 Å². The van der Waals surface area contributed by atoms with Gasteiger partial charge in [0, 0.05) is 5.56 Å². The van der Waals surface area contributed by atoms with Crippen LogP contribution < -0.4 is 16.0 Å². The Morgan fingerprint density at radius 2 is 1.90 bits per heavy atom.